The number of aromatic hydroxyl groups is 1. The van der Waals surface area contributed by atoms with Gasteiger partial charge in [-0.2, -0.15) is 0 Å². The molecule has 41 heavy (non-hydrogen) atoms. The average molecular weight is 576 g/mol. The summed E-state index contributed by atoms with van der Waals surface area (Å²) in [7, 11) is 1.92. The van der Waals surface area contributed by atoms with Crippen LogP contribution in [0.2, 0.25) is 0 Å². The number of nitrogens with zero attached hydrogens (tertiary/aromatic N) is 1. The fourth-order valence-corrected chi connectivity index (χ4v) is 6.69. The first kappa shape index (κ1) is 28.4. The van der Waals surface area contributed by atoms with Crippen LogP contribution in [0.15, 0.2) is 24.0 Å². The third kappa shape index (κ3) is 4.47. The summed E-state index contributed by atoms with van der Waals surface area (Å²) in [6.07, 6.45) is -4.34. The maximum Gasteiger partial charge on any atom is 0.348 e. The van der Waals surface area contributed by atoms with Crippen molar-refractivity contribution in [3.05, 3.63) is 35.1 Å². The van der Waals surface area contributed by atoms with Gasteiger partial charge >= 0.3 is 29.8 Å². The van der Waals surface area contributed by atoms with Crippen molar-refractivity contribution >= 4 is 29.8 Å². The van der Waals surface area contributed by atoms with Crippen molar-refractivity contribution in [2.75, 3.05) is 13.6 Å². The number of aliphatic carboxylic acids is 2. The number of hydrogen-bond acceptors (Lipinski definition) is 12. The fourth-order valence-electron chi connectivity index (χ4n) is 6.69. The Hall–Kier alpha value is -4.17. The molecule has 0 unspecified atom stereocenters. The molecule has 220 valence electrons. The van der Waals surface area contributed by atoms with E-state index in [-0.39, 0.29) is 29.7 Å². The molecule has 14 nitrogen and oxygen atoms in total. The number of hydrogen-bond donors (Lipinski definition) is 4. The highest BCUT2D eigenvalue weighted by Crippen LogP contribution is 2.65. The van der Waals surface area contributed by atoms with Gasteiger partial charge in [-0.25, -0.2) is 9.59 Å². The van der Waals surface area contributed by atoms with Gasteiger partial charge < -0.3 is 44.3 Å². The SMILES string of the molecule is CC(=O)O[C@@H](CC(=O)OC1=CC[C@@]2(O)[C@H]3Cc4ccc(O)c5c4[C@@]2(CCN3C)[C@H]1O5)C(=O)O[C@H](CC(=O)O)C(=O)O. The van der Waals surface area contributed by atoms with Gasteiger partial charge in [0.15, 0.2) is 17.6 Å². The second-order valence-electron chi connectivity index (χ2n) is 10.7. The number of ether oxygens (including phenoxy) is 4. The highest BCUT2D eigenvalue weighted by atomic mass is 16.6. The van der Waals surface area contributed by atoms with Crippen LogP contribution in [0.4, 0.5) is 0 Å². The summed E-state index contributed by atoms with van der Waals surface area (Å²) in [4.78, 5) is 61.6. The Morgan fingerprint density at radius 1 is 1.12 bits per heavy atom. The predicted molar refractivity (Wildman–Crippen MR) is 133 cm³/mol. The number of likely N-dealkylation sites (tertiary alicyclic amines) is 1. The number of aliphatic hydroxyl groups is 1. The lowest BCUT2D eigenvalue weighted by Gasteiger charge is -2.61. The van der Waals surface area contributed by atoms with Crippen LogP contribution < -0.4 is 4.74 Å². The molecule has 6 atom stereocenters. The summed E-state index contributed by atoms with van der Waals surface area (Å²) in [5, 5.41) is 40.8. The number of carbonyl (C=O) groups excluding carboxylic acids is 3. The van der Waals surface area contributed by atoms with E-state index in [1.807, 2.05) is 7.05 Å². The Morgan fingerprint density at radius 3 is 2.51 bits per heavy atom. The van der Waals surface area contributed by atoms with Crippen molar-refractivity contribution in [2.24, 2.45) is 0 Å². The monoisotopic (exact) mass is 575 g/mol. The third-order valence-corrected chi connectivity index (χ3v) is 8.40. The largest absolute Gasteiger partial charge is 0.504 e. The molecule has 5 rings (SSSR count). The fraction of sp³-hybridized carbons (Fsp3) is 0.519. The summed E-state index contributed by atoms with van der Waals surface area (Å²) in [6.45, 7) is 1.55. The van der Waals surface area contributed by atoms with E-state index in [4.69, 9.17) is 29.2 Å². The van der Waals surface area contributed by atoms with Crippen LogP contribution in [0.5, 0.6) is 11.5 Å². The topological polar surface area (TPSA) is 206 Å². The molecule has 2 heterocycles. The number of phenolic OH excluding ortho intramolecular Hbond substituents is 1. The lowest BCUT2D eigenvalue weighted by Crippen LogP contribution is -2.74. The van der Waals surface area contributed by atoms with E-state index in [2.05, 4.69) is 4.90 Å². The van der Waals surface area contributed by atoms with Crippen molar-refractivity contribution in [3.63, 3.8) is 0 Å². The molecule has 2 aliphatic carbocycles. The number of carboxylic acid groups (broad SMARTS) is 2. The lowest BCUT2D eigenvalue weighted by atomic mass is 9.50. The van der Waals surface area contributed by atoms with E-state index in [9.17, 15) is 34.2 Å². The summed E-state index contributed by atoms with van der Waals surface area (Å²) in [5.41, 5.74) is -0.751. The maximum atomic E-state index is 13.1. The van der Waals surface area contributed by atoms with Crippen LogP contribution in [-0.4, -0.2) is 98.7 Å². The number of carbonyl (C=O) groups is 5. The number of piperidine rings is 1. The molecule has 4 N–H and O–H groups in total. The van der Waals surface area contributed by atoms with Crippen molar-refractivity contribution in [1.29, 1.82) is 0 Å². The minimum absolute atomic E-state index is 0.0376. The second kappa shape index (κ2) is 10.0. The molecular weight excluding hydrogens is 546 g/mol. The van der Waals surface area contributed by atoms with Crippen molar-refractivity contribution < 1.29 is 63.3 Å². The molecule has 2 aliphatic heterocycles. The number of rotatable bonds is 9. The number of carboxylic acids is 2. The zero-order valence-electron chi connectivity index (χ0n) is 22.2. The Kier molecular flexibility index (Phi) is 6.94. The van der Waals surface area contributed by atoms with E-state index in [0.29, 0.717) is 24.9 Å². The van der Waals surface area contributed by atoms with E-state index in [1.165, 1.54) is 12.1 Å². The highest BCUT2D eigenvalue weighted by Gasteiger charge is 2.72. The first-order valence-electron chi connectivity index (χ1n) is 13.0. The molecule has 1 saturated heterocycles. The number of likely N-dealkylation sites (N-methyl/N-ethyl adjacent to an activating group) is 1. The summed E-state index contributed by atoms with van der Waals surface area (Å²) < 4.78 is 21.4. The van der Waals surface area contributed by atoms with Gasteiger partial charge in [-0.1, -0.05) is 6.07 Å². The Balaban J connectivity index is 1.40. The minimum atomic E-state index is -2.08. The van der Waals surface area contributed by atoms with Gasteiger partial charge in [-0.15, -0.1) is 0 Å². The zero-order chi connectivity index (χ0) is 29.9. The van der Waals surface area contributed by atoms with Crippen molar-refractivity contribution in [3.8, 4) is 11.5 Å². The van der Waals surface area contributed by atoms with E-state index in [0.717, 1.165) is 12.5 Å². The first-order valence-corrected chi connectivity index (χ1v) is 13.0. The van der Waals surface area contributed by atoms with Crippen LogP contribution >= 0.6 is 0 Å². The number of esters is 3. The number of benzene rings is 1. The Labute approximate surface area is 233 Å². The molecule has 14 heteroatoms. The zero-order valence-corrected chi connectivity index (χ0v) is 22.2. The minimum Gasteiger partial charge on any atom is -0.504 e. The summed E-state index contributed by atoms with van der Waals surface area (Å²) >= 11 is 0. The van der Waals surface area contributed by atoms with Gasteiger partial charge in [0.05, 0.1) is 23.9 Å². The smallest absolute Gasteiger partial charge is 0.348 e. The standard InChI is InChI=1S/C27H29NO13/c1-12(29)38-17(25(36)40-16(24(34)35)10-19(31)32)11-20(33)39-15-5-6-27(37)18-9-13-3-4-14(30)22-21(13)26(27,23(15)41-22)7-8-28(18)2/h3-5,16-18,23,30,37H,6-11H2,1-2H3,(H,31,32)(H,34,35)/t16-,17+,18-,23+,26+,27-/m1/s1. The van der Waals surface area contributed by atoms with Crippen LogP contribution in [0, 0.1) is 0 Å². The van der Waals surface area contributed by atoms with Crippen LogP contribution in [0.1, 0.15) is 43.7 Å². The highest BCUT2D eigenvalue weighted by molar-refractivity contribution is 5.87. The molecular formula is C27H29NO13. The van der Waals surface area contributed by atoms with E-state index < -0.39 is 72.0 Å². The summed E-state index contributed by atoms with van der Waals surface area (Å²) in [6, 6.07) is 3.04. The molecule has 0 saturated carbocycles. The average Bonchev–Trinajstić information content (AvgIpc) is 3.24. The molecule has 1 aromatic carbocycles. The first-order chi connectivity index (χ1) is 19.3. The molecule has 2 bridgehead atoms. The molecule has 0 aromatic heterocycles. The molecule has 0 amide bonds. The van der Waals surface area contributed by atoms with Crippen molar-refractivity contribution in [1.82, 2.24) is 4.90 Å². The van der Waals surface area contributed by atoms with Gasteiger partial charge in [0.2, 0.25) is 12.2 Å². The number of phenols is 1. The molecule has 1 fully saturated rings. The maximum absolute atomic E-state index is 13.1. The summed E-state index contributed by atoms with van der Waals surface area (Å²) in [5.74, 6) is -6.66. The lowest BCUT2D eigenvalue weighted by molar-refractivity contribution is -0.181. The van der Waals surface area contributed by atoms with E-state index >= 15 is 0 Å². The molecule has 1 aromatic rings. The van der Waals surface area contributed by atoms with Gasteiger partial charge in [0, 0.05) is 24.9 Å². The van der Waals surface area contributed by atoms with Gasteiger partial charge in [0.25, 0.3) is 0 Å². The van der Waals surface area contributed by atoms with Crippen LogP contribution in [-0.2, 0) is 50.0 Å². The Morgan fingerprint density at radius 2 is 1.85 bits per heavy atom. The van der Waals surface area contributed by atoms with Gasteiger partial charge in [0.1, 0.15) is 5.76 Å². The van der Waals surface area contributed by atoms with Crippen LogP contribution in [0.25, 0.3) is 0 Å². The molecule has 1 spiro atoms. The third-order valence-electron chi connectivity index (χ3n) is 8.40. The Bertz CT molecular complexity index is 1370. The van der Waals surface area contributed by atoms with Crippen LogP contribution in [0.3, 0.4) is 0 Å². The van der Waals surface area contributed by atoms with Gasteiger partial charge in [-0.3, -0.25) is 14.4 Å². The predicted octanol–water partition coefficient (Wildman–Crippen LogP) is 0.00600. The molecule has 4 aliphatic rings. The molecule has 0 radical (unpaired) electrons. The quantitative estimate of drug-likeness (QED) is 0.226. The van der Waals surface area contributed by atoms with Gasteiger partial charge in [-0.05, 0) is 44.1 Å². The van der Waals surface area contributed by atoms with Crippen molar-refractivity contribution in [2.45, 2.75) is 74.4 Å². The second-order valence-corrected chi connectivity index (χ2v) is 10.7. The van der Waals surface area contributed by atoms with E-state index in [1.54, 1.807) is 6.07 Å². The normalized spacial score (nSPS) is 28.7.